The second-order valence-corrected chi connectivity index (χ2v) is 10.7. The number of carbonyl (C=O) groups excluding carboxylic acids is 2. The minimum Gasteiger partial charge on any atom is -0.497 e. The Morgan fingerprint density at radius 3 is 2.29 bits per heavy atom. The Morgan fingerprint density at radius 1 is 0.974 bits per heavy atom. The number of hydrogen-bond donors (Lipinski definition) is 1. The van der Waals surface area contributed by atoms with E-state index in [4.69, 9.17) is 16.3 Å². The van der Waals surface area contributed by atoms with Gasteiger partial charge in [0.1, 0.15) is 18.3 Å². The number of carbonyl (C=O) groups is 2. The molecule has 1 atom stereocenters. The molecular weight excluding hydrogens is 526 g/mol. The largest absolute Gasteiger partial charge is 0.497 e. The van der Waals surface area contributed by atoms with E-state index in [1.54, 1.807) is 81.6 Å². The van der Waals surface area contributed by atoms with Crippen molar-refractivity contribution in [2.24, 2.45) is 0 Å². The molecule has 8 nitrogen and oxygen atoms in total. The number of sulfonamides is 1. The molecule has 0 fully saturated rings. The summed E-state index contributed by atoms with van der Waals surface area (Å²) in [6.45, 7) is 3.52. The van der Waals surface area contributed by atoms with E-state index in [0.29, 0.717) is 18.7 Å². The van der Waals surface area contributed by atoms with Crippen molar-refractivity contribution >= 4 is 39.1 Å². The van der Waals surface area contributed by atoms with Gasteiger partial charge < -0.3 is 15.0 Å². The maximum Gasteiger partial charge on any atom is 0.264 e. The van der Waals surface area contributed by atoms with Crippen LogP contribution in [0.2, 0.25) is 5.02 Å². The van der Waals surface area contributed by atoms with Crippen molar-refractivity contribution in [3.63, 3.8) is 0 Å². The zero-order valence-electron chi connectivity index (χ0n) is 21.6. The van der Waals surface area contributed by atoms with Crippen molar-refractivity contribution in [3.8, 4) is 5.75 Å². The summed E-state index contributed by atoms with van der Waals surface area (Å²) in [4.78, 5) is 28.4. The van der Waals surface area contributed by atoms with Crippen molar-refractivity contribution in [2.75, 3.05) is 24.5 Å². The molecule has 3 aromatic carbocycles. The summed E-state index contributed by atoms with van der Waals surface area (Å²) in [5.41, 5.74) is 0.898. The Bertz CT molecular complexity index is 1350. The van der Waals surface area contributed by atoms with Gasteiger partial charge in [-0.3, -0.25) is 13.9 Å². The topological polar surface area (TPSA) is 96.0 Å². The van der Waals surface area contributed by atoms with E-state index in [9.17, 15) is 18.0 Å². The highest BCUT2D eigenvalue weighted by molar-refractivity contribution is 7.92. The number of nitrogens with zero attached hydrogens (tertiary/aromatic N) is 2. The minimum atomic E-state index is -4.17. The summed E-state index contributed by atoms with van der Waals surface area (Å²) in [7, 11) is -2.63. The fourth-order valence-corrected chi connectivity index (χ4v) is 5.81. The Hall–Kier alpha value is -3.56. The molecule has 10 heteroatoms. The quantitative estimate of drug-likeness (QED) is 0.354. The molecule has 3 aromatic rings. The number of anilines is 1. The Kier molecular flexibility index (Phi) is 10.2. The summed E-state index contributed by atoms with van der Waals surface area (Å²) in [5, 5.41) is 2.96. The van der Waals surface area contributed by atoms with E-state index >= 15 is 0 Å². The van der Waals surface area contributed by atoms with E-state index < -0.39 is 28.5 Å². The molecule has 0 spiro atoms. The molecule has 0 radical (unpaired) electrons. The monoisotopic (exact) mass is 557 g/mol. The van der Waals surface area contributed by atoms with Gasteiger partial charge in [-0.1, -0.05) is 61.0 Å². The lowest BCUT2D eigenvalue weighted by Crippen LogP contribution is -2.52. The maximum absolute atomic E-state index is 13.9. The van der Waals surface area contributed by atoms with E-state index in [-0.39, 0.29) is 28.1 Å². The molecule has 3 rings (SSSR count). The van der Waals surface area contributed by atoms with Crippen LogP contribution in [0.25, 0.3) is 0 Å². The summed E-state index contributed by atoms with van der Waals surface area (Å²) in [6, 6.07) is 20.6. The molecule has 1 unspecified atom stereocenters. The van der Waals surface area contributed by atoms with Crippen LogP contribution in [0.1, 0.15) is 25.8 Å². The molecule has 2 amide bonds. The lowest BCUT2D eigenvalue weighted by atomic mass is 10.1. The number of likely N-dealkylation sites (N-methyl/N-ethyl adjacent to an activating group) is 1. The van der Waals surface area contributed by atoms with Crippen molar-refractivity contribution in [1.82, 2.24) is 10.2 Å². The molecule has 0 saturated carbocycles. The SMILES string of the molecule is CCNC(=O)C(CC)N(Cc1cccc(OC)c1)C(=O)CN(c1ccccc1Cl)S(=O)(=O)c1ccccc1. The second kappa shape index (κ2) is 13.3. The van der Waals surface area contributed by atoms with Crippen LogP contribution in [-0.2, 0) is 26.2 Å². The molecule has 38 heavy (non-hydrogen) atoms. The third-order valence-electron chi connectivity index (χ3n) is 5.96. The minimum absolute atomic E-state index is 0.0165. The highest BCUT2D eigenvalue weighted by atomic mass is 35.5. The van der Waals surface area contributed by atoms with Crippen molar-refractivity contribution in [3.05, 3.63) is 89.4 Å². The van der Waals surface area contributed by atoms with Crippen LogP contribution in [0, 0.1) is 0 Å². The van der Waals surface area contributed by atoms with Crippen LogP contribution in [0.5, 0.6) is 5.75 Å². The van der Waals surface area contributed by atoms with Gasteiger partial charge in [0.05, 0.1) is 22.7 Å². The Labute approximate surface area is 229 Å². The first kappa shape index (κ1) is 29.0. The molecule has 1 N–H and O–H groups in total. The van der Waals surface area contributed by atoms with Crippen LogP contribution in [0.4, 0.5) is 5.69 Å². The summed E-state index contributed by atoms with van der Waals surface area (Å²) < 4.78 is 33.8. The van der Waals surface area contributed by atoms with Gasteiger partial charge in [0.15, 0.2) is 0 Å². The predicted octanol–water partition coefficient (Wildman–Crippen LogP) is 4.49. The molecule has 202 valence electrons. The molecule has 0 aromatic heterocycles. The lowest BCUT2D eigenvalue weighted by Gasteiger charge is -2.33. The Balaban J connectivity index is 2.07. The normalized spacial score (nSPS) is 11.9. The van der Waals surface area contributed by atoms with Crippen LogP contribution >= 0.6 is 11.6 Å². The van der Waals surface area contributed by atoms with Crippen LogP contribution in [0.3, 0.4) is 0 Å². The summed E-state index contributed by atoms with van der Waals surface area (Å²) in [5.74, 6) is -0.267. The fourth-order valence-electron chi connectivity index (χ4n) is 4.07. The highest BCUT2D eigenvalue weighted by Gasteiger charge is 2.34. The second-order valence-electron chi connectivity index (χ2n) is 8.47. The van der Waals surface area contributed by atoms with Crippen molar-refractivity contribution < 1.29 is 22.7 Å². The van der Waals surface area contributed by atoms with Gasteiger partial charge in [-0.15, -0.1) is 0 Å². The third-order valence-corrected chi connectivity index (χ3v) is 8.05. The first-order valence-corrected chi connectivity index (χ1v) is 14.1. The van der Waals surface area contributed by atoms with E-state index in [1.807, 2.05) is 6.07 Å². The number of amides is 2. The standard InChI is InChI=1S/C28H32ClN3O5S/c1-4-25(28(34)30-5-2)31(19-21-12-11-13-22(18-21)37-3)27(33)20-32(26-17-10-9-16-24(26)29)38(35,36)23-14-7-6-8-15-23/h6-18,25H,4-5,19-20H2,1-3H3,(H,30,34). The molecule has 0 bridgehead atoms. The molecule has 0 heterocycles. The number of methoxy groups -OCH3 is 1. The average Bonchev–Trinajstić information content (AvgIpc) is 2.92. The van der Waals surface area contributed by atoms with Gasteiger partial charge >= 0.3 is 0 Å². The van der Waals surface area contributed by atoms with Gasteiger partial charge in [0.2, 0.25) is 11.8 Å². The molecule has 0 aliphatic heterocycles. The first-order valence-electron chi connectivity index (χ1n) is 12.2. The molecule has 0 aliphatic rings. The number of rotatable bonds is 12. The van der Waals surface area contributed by atoms with Crippen molar-refractivity contribution in [1.29, 1.82) is 0 Å². The first-order chi connectivity index (χ1) is 18.2. The van der Waals surface area contributed by atoms with Gasteiger partial charge in [-0.2, -0.15) is 0 Å². The smallest absolute Gasteiger partial charge is 0.264 e. The lowest BCUT2D eigenvalue weighted by molar-refractivity contribution is -0.140. The zero-order chi connectivity index (χ0) is 27.7. The molecule has 0 saturated heterocycles. The van der Waals surface area contributed by atoms with Crippen LogP contribution in [-0.4, -0.2) is 51.4 Å². The summed E-state index contributed by atoms with van der Waals surface area (Å²) >= 11 is 6.41. The van der Waals surface area contributed by atoms with E-state index in [0.717, 1.165) is 9.87 Å². The molecular formula is C28H32ClN3O5S. The molecule has 0 aliphatic carbocycles. The number of para-hydroxylation sites is 1. The van der Waals surface area contributed by atoms with Crippen LogP contribution in [0.15, 0.2) is 83.8 Å². The zero-order valence-corrected chi connectivity index (χ0v) is 23.2. The highest BCUT2D eigenvalue weighted by Crippen LogP contribution is 2.31. The number of benzene rings is 3. The number of hydrogen-bond acceptors (Lipinski definition) is 5. The number of halogens is 1. The number of ether oxygens (including phenoxy) is 1. The van der Waals surface area contributed by atoms with E-state index in [1.165, 1.54) is 17.0 Å². The van der Waals surface area contributed by atoms with Crippen molar-refractivity contribution in [2.45, 2.75) is 37.8 Å². The Morgan fingerprint density at radius 2 is 1.66 bits per heavy atom. The fraction of sp³-hybridized carbons (Fsp3) is 0.286. The van der Waals surface area contributed by atoms with Gasteiger partial charge in [0, 0.05) is 13.1 Å². The van der Waals surface area contributed by atoms with Crippen LogP contribution < -0.4 is 14.4 Å². The number of nitrogens with one attached hydrogen (secondary N) is 1. The van der Waals surface area contributed by atoms with Gasteiger partial charge in [-0.05, 0) is 55.3 Å². The average molecular weight is 558 g/mol. The third kappa shape index (κ3) is 6.85. The van der Waals surface area contributed by atoms with E-state index in [2.05, 4.69) is 5.32 Å². The predicted molar refractivity (Wildman–Crippen MR) is 149 cm³/mol. The van der Waals surface area contributed by atoms with Gasteiger partial charge in [0.25, 0.3) is 10.0 Å². The van der Waals surface area contributed by atoms with Gasteiger partial charge in [-0.25, -0.2) is 8.42 Å². The summed E-state index contributed by atoms with van der Waals surface area (Å²) in [6.07, 6.45) is 0.332. The maximum atomic E-state index is 13.9.